The summed E-state index contributed by atoms with van der Waals surface area (Å²) in [5, 5.41) is 1.93. The fourth-order valence-electron chi connectivity index (χ4n) is 1.58. The lowest BCUT2D eigenvalue weighted by Crippen LogP contribution is -1.82. The number of furan rings is 1. The van der Waals surface area contributed by atoms with E-state index in [1.807, 2.05) is 18.2 Å². The zero-order valence-corrected chi connectivity index (χ0v) is 10.8. The Morgan fingerprint density at radius 2 is 2.00 bits per heavy atom. The molecule has 3 nitrogen and oxygen atoms in total. The van der Waals surface area contributed by atoms with E-state index in [0.29, 0.717) is 21.8 Å². The summed E-state index contributed by atoms with van der Waals surface area (Å²) < 4.78 is 6.47. The van der Waals surface area contributed by atoms with Crippen molar-refractivity contribution in [1.82, 2.24) is 9.97 Å². The molecule has 0 aliphatic rings. The van der Waals surface area contributed by atoms with Gasteiger partial charge in [0.15, 0.2) is 0 Å². The van der Waals surface area contributed by atoms with E-state index in [1.54, 1.807) is 0 Å². The van der Waals surface area contributed by atoms with Gasteiger partial charge < -0.3 is 4.42 Å². The lowest BCUT2D eigenvalue weighted by atomic mass is 10.2. The van der Waals surface area contributed by atoms with Crippen molar-refractivity contribution in [3.05, 3.63) is 33.1 Å². The van der Waals surface area contributed by atoms with Crippen LogP contribution in [-0.2, 0) is 0 Å². The number of hydrogen-bond donors (Lipinski definition) is 0. The van der Waals surface area contributed by atoms with Gasteiger partial charge in [-0.25, -0.2) is 4.98 Å². The molecule has 0 radical (unpaired) electrons. The molecule has 6 heteroatoms. The minimum absolute atomic E-state index is 0.0793. The van der Waals surface area contributed by atoms with Gasteiger partial charge in [-0.1, -0.05) is 27.5 Å². The molecule has 16 heavy (non-hydrogen) atoms. The number of aromatic nitrogens is 2. The third-order valence-corrected chi connectivity index (χ3v) is 3.16. The first-order chi connectivity index (χ1) is 7.65. The molecule has 0 saturated heterocycles. The first-order valence-electron chi connectivity index (χ1n) is 4.36. The summed E-state index contributed by atoms with van der Waals surface area (Å²) in [7, 11) is 0. The Labute approximate surface area is 109 Å². The number of hydrogen-bond acceptors (Lipinski definition) is 3. The predicted octanol–water partition coefficient (Wildman–Crippen LogP) is 4.45. The van der Waals surface area contributed by atoms with Gasteiger partial charge in [0.25, 0.3) is 0 Å². The average molecular weight is 318 g/mol. The Hall–Kier alpha value is -0.840. The zero-order chi connectivity index (χ0) is 11.3. The standard InChI is InChI=1S/C10H3BrCl2N2O/c11-4-1-2-6-5(3-4)7-8(12)14-10(13)15-9(7)16-6/h1-3H. The summed E-state index contributed by atoms with van der Waals surface area (Å²) in [5.41, 5.74) is 1.11. The van der Waals surface area contributed by atoms with E-state index in [9.17, 15) is 0 Å². The maximum atomic E-state index is 6.02. The SMILES string of the molecule is Clc1nc(Cl)c2c(n1)oc1ccc(Br)cc12. The second kappa shape index (κ2) is 3.58. The van der Waals surface area contributed by atoms with Crippen LogP contribution >= 0.6 is 39.1 Å². The highest BCUT2D eigenvalue weighted by atomic mass is 79.9. The van der Waals surface area contributed by atoms with Crippen LogP contribution in [0.5, 0.6) is 0 Å². The minimum Gasteiger partial charge on any atom is -0.437 e. The zero-order valence-electron chi connectivity index (χ0n) is 7.67. The molecule has 3 rings (SSSR count). The molecule has 80 valence electrons. The van der Waals surface area contributed by atoms with E-state index in [1.165, 1.54) is 0 Å². The van der Waals surface area contributed by atoms with Gasteiger partial charge in [-0.15, -0.1) is 0 Å². The molecule has 0 aliphatic heterocycles. The van der Waals surface area contributed by atoms with Crippen molar-refractivity contribution < 1.29 is 4.42 Å². The largest absolute Gasteiger partial charge is 0.437 e. The normalized spacial score (nSPS) is 11.4. The highest BCUT2D eigenvalue weighted by molar-refractivity contribution is 9.10. The maximum Gasteiger partial charge on any atom is 0.233 e. The second-order valence-electron chi connectivity index (χ2n) is 3.21. The topological polar surface area (TPSA) is 38.9 Å². The summed E-state index contributed by atoms with van der Waals surface area (Å²) >= 11 is 15.1. The highest BCUT2D eigenvalue weighted by Gasteiger charge is 2.13. The van der Waals surface area contributed by atoms with Gasteiger partial charge >= 0.3 is 0 Å². The Kier molecular flexibility index (Phi) is 2.31. The fourth-order valence-corrected chi connectivity index (χ4v) is 2.41. The van der Waals surface area contributed by atoms with Crippen molar-refractivity contribution in [2.24, 2.45) is 0 Å². The lowest BCUT2D eigenvalue weighted by molar-refractivity contribution is 0.653. The van der Waals surface area contributed by atoms with Crippen LogP contribution in [-0.4, -0.2) is 9.97 Å². The molecule has 0 atom stereocenters. The van der Waals surface area contributed by atoms with E-state index in [0.717, 1.165) is 9.86 Å². The third-order valence-electron chi connectivity index (χ3n) is 2.22. The van der Waals surface area contributed by atoms with Crippen LogP contribution < -0.4 is 0 Å². The summed E-state index contributed by atoms with van der Waals surface area (Å²) in [5.74, 6) is 0. The van der Waals surface area contributed by atoms with Crippen molar-refractivity contribution >= 4 is 61.2 Å². The Morgan fingerprint density at radius 3 is 2.81 bits per heavy atom. The quantitative estimate of drug-likeness (QED) is 0.454. The molecule has 1 aromatic carbocycles. The van der Waals surface area contributed by atoms with Crippen LogP contribution in [0.3, 0.4) is 0 Å². The van der Waals surface area contributed by atoms with E-state index >= 15 is 0 Å². The summed E-state index contributed by atoms with van der Waals surface area (Å²) in [4.78, 5) is 7.89. The van der Waals surface area contributed by atoms with Crippen LogP contribution in [0.4, 0.5) is 0 Å². The Bertz CT molecular complexity index is 711. The molecule has 0 bridgehead atoms. The molecular formula is C10H3BrCl2N2O. The molecule has 0 N–H and O–H groups in total. The number of nitrogens with zero attached hydrogens (tertiary/aromatic N) is 2. The van der Waals surface area contributed by atoms with Crippen molar-refractivity contribution in [1.29, 1.82) is 0 Å². The Morgan fingerprint density at radius 1 is 1.19 bits per heavy atom. The van der Waals surface area contributed by atoms with Crippen LogP contribution in [0.1, 0.15) is 0 Å². The second-order valence-corrected chi connectivity index (χ2v) is 4.82. The van der Waals surface area contributed by atoms with Crippen LogP contribution in [0.25, 0.3) is 22.1 Å². The van der Waals surface area contributed by atoms with Crippen LogP contribution in [0.15, 0.2) is 27.1 Å². The van der Waals surface area contributed by atoms with Gasteiger partial charge in [-0.2, -0.15) is 4.98 Å². The molecular weight excluding hydrogens is 315 g/mol. The first-order valence-corrected chi connectivity index (χ1v) is 5.91. The van der Waals surface area contributed by atoms with Gasteiger partial charge in [0, 0.05) is 9.86 Å². The summed E-state index contributed by atoms with van der Waals surface area (Å²) in [6, 6.07) is 5.63. The van der Waals surface area contributed by atoms with Gasteiger partial charge in [-0.05, 0) is 29.8 Å². The Balaban J connectivity index is 2.57. The minimum atomic E-state index is 0.0793. The molecule has 2 aromatic heterocycles. The van der Waals surface area contributed by atoms with Gasteiger partial charge in [0.1, 0.15) is 10.7 Å². The molecule has 0 aliphatic carbocycles. The van der Waals surface area contributed by atoms with Crippen molar-refractivity contribution in [2.45, 2.75) is 0 Å². The third kappa shape index (κ3) is 1.49. The highest BCUT2D eigenvalue weighted by Crippen LogP contribution is 2.33. The number of halogens is 3. The van der Waals surface area contributed by atoms with Crippen molar-refractivity contribution in [3.8, 4) is 0 Å². The van der Waals surface area contributed by atoms with E-state index in [2.05, 4.69) is 25.9 Å². The number of benzene rings is 1. The lowest BCUT2D eigenvalue weighted by Gasteiger charge is -1.93. The first kappa shape index (κ1) is 10.3. The number of fused-ring (bicyclic) bond motifs is 3. The van der Waals surface area contributed by atoms with Gasteiger partial charge in [-0.3, -0.25) is 0 Å². The van der Waals surface area contributed by atoms with E-state index in [4.69, 9.17) is 27.6 Å². The van der Waals surface area contributed by atoms with Crippen molar-refractivity contribution in [3.63, 3.8) is 0 Å². The number of rotatable bonds is 0. The molecule has 0 unspecified atom stereocenters. The van der Waals surface area contributed by atoms with Gasteiger partial charge in [0.2, 0.25) is 11.0 Å². The molecule has 0 spiro atoms. The molecule has 0 fully saturated rings. The van der Waals surface area contributed by atoms with Crippen LogP contribution in [0, 0.1) is 0 Å². The smallest absolute Gasteiger partial charge is 0.233 e. The van der Waals surface area contributed by atoms with E-state index < -0.39 is 0 Å². The fraction of sp³-hybridized carbons (Fsp3) is 0. The summed E-state index contributed by atoms with van der Waals surface area (Å²) in [6.07, 6.45) is 0. The monoisotopic (exact) mass is 316 g/mol. The summed E-state index contributed by atoms with van der Waals surface area (Å²) in [6.45, 7) is 0. The molecule has 0 saturated carbocycles. The van der Waals surface area contributed by atoms with Gasteiger partial charge in [0.05, 0.1) is 5.39 Å². The van der Waals surface area contributed by atoms with E-state index in [-0.39, 0.29) is 5.28 Å². The molecule has 0 amide bonds. The molecule has 2 heterocycles. The van der Waals surface area contributed by atoms with Crippen LogP contribution in [0.2, 0.25) is 10.4 Å². The van der Waals surface area contributed by atoms with Crippen molar-refractivity contribution in [2.75, 3.05) is 0 Å². The maximum absolute atomic E-state index is 6.02. The predicted molar refractivity (Wildman–Crippen MR) is 67.0 cm³/mol. The average Bonchev–Trinajstić information content (AvgIpc) is 2.54. The molecule has 3 aromatic rings.